The van der Waals surface area contributed by atoms with Crippen LogP contribution in [0.2, 0.25) is 0 Å². The molecular formula is C15H19NO3S2. The van der Waals surface area contributed by atoms with E-state index in [2.05, 4.69) is 4.72 Å². The summed E-state index contributed by atoms with van der Waals surface area (Å²) in [6.45, 7) is 3.55. The molecule has 4 nitrogen and oxygen atoms in total. The van der Waals surface area contributed by atoms with Crippen LogP contribution in [0, 0.1) is 0 Å². The fourth-order valence-corrected chi connectivity index (χ4v) is 3.81. The van der Waals surface area contributed by atoms with Crippen molar-refractivity contribution in [2.45, 2.75) is 30.8 Å². The highest BCUT2D eigenvalue weighted by molar-refractivity contribution is 7.89. The monoisotopic (exact) mass is 325 g/mol. The van der Waals surface area contributed by atoms with Crippen LogP contribution >= 0.6 is 11.3 Å². The van der Waals surface area contributed by atoms with Crippen LogP contribution in [0.1, 0.15) is 24.3 Å². The topological polar surface area (TPSA) is 66.4 Å². The first-order chi connectivity index (χ1) is 9.85. The Bertz CT molecular complexity index is 674. The van der Waals surface area contributed by atoms with Gasteiger partial charge in [0.1, 0.15) is 5.60 Å². The van der Waals surface area contributed by atoms with E-state index in [0.717, 1.165) is 16.9 Å². The van der Waals surface area contributed by atoms with Crippen molar-refractivity contribution in [2.24, 2.45) is 0 Å². The van der Waals surface area contributed by atoms with E-state index in [0.29, 0.717) is 0 Å². The smallest absolute Gasteiger partial charge is 0.240 e. The van der Waals surface area contributed by atoms with Gasteiger partial charge in [-0.3, -0.25) is 0 Å². The van der Waals surface area contributed by atoms with Crippen molar-refractivity contribution in [3.63, 3.8) is 0 Å². The Morgan fingerprint density at radius 3 is 2.43 bits per heavy atom. The van der Waals surface area contributed by atoms with Crippen molar-refractivity contribution < 1.29 is 13.5 Å². The third kappa shape index (κ3) is 3.91. The van der Waals surface area contributed by atoms with Gasteiger partial charge >= 0.3 is 0 Å². The Hall–Kier alpha value is -1.21. The van der Waals surface area contributed by atoms with E-state index in [1.165, 1.54) is 11.3 Å². The maximum atomic E-state index is 12.2. The highest BCUT2D eigenvalue weighted by Crippen LogP contribution is 2.25. The quantitative estimate of drug-likeness (QED) is 0.857. The van der Waals surface area contributed by atoms with E-state index in [4.69, 9.17) is 0 Å². The Morgan fingerprint density at radius 2 is 1.90 bits per heavy atom. The molecule has 2 rings (SSSR count). The molecule has 0 saturated carbocycles. The molecular weight excluding hydrogens is 306 g/mol. The van der Waals surface area contributed by atoms with Gasteiger partial charge in [0, 0.05) is 11.4 Å². The third-order valence-electron chi connectivity index (χ3n) is 3.30. The first-order valence-electron chi connectivity index (χ1n) is 6.70. The fraction of sp³-hybridized carbons (Fsp3) is 0.333. The summed E-state index contributed by atoms with van der Waals surface area (Å²) in [5.74, 6) is 0. The molecule has 0 bridgehead atoms. The fourth-order valence-electron chi connectivity index (χ4n) is 1.90. The van der Waals surface area contributed by atoms with Gasteiger partial charge in [-0.1, -0.05) is 25.1 Å². The molecule has 0 aliphatic carbocycles. The predicted octanol–water partition coefficient (Wildman–Crippen LogP) is 2.50. The third-order valence-corrected chi connectivity index (χ3v) is 5.84. The van der Waals surface area contributed by atoms with Crippen molar-refractivity contribution in [3.8, 4) is 0 Å². The summed E-state index contributed by atoms with van der Waals surface area (Å²) in [5.41, 5.74) is -0.135. The molecule has 114 valence electrons. The molecule has 0 amide bonds. The lowest BCUT2D eigenvalue weighted by Gasteiger charge is -2.22. The zero-order valence-electron chi connectivity index (χ0n) is 12.0. The van der Waals surface area contributed by atoms with E-state index < -0.39 is 15.6 Å². The first-order valence-corrected chi connectivity index (χ1v) is 9.06. The van der Waals surface area contributed by atoms with Gasteiger partial charge < -0.3 is 5.11 Å². The van der Waals surface area contributed by atoms with E-state index in [9.17, 15) is 13.5 Å². The number of thiophene rings is 1. The summed E-state index contributed by atoms with van der Waals surface area (Å²) in [6, 6.07) is 10.4. The molecule has 2 aromatic rings. The van der Waals surface area contributed by atoms with Gasteiger partial charge in [-0.15, -0.1) is 11.3 Å². The molecule has 0 aliphatic rings. The summed E-state index contributed by atoms with van der Waals surface area (Å²) >= 11 is 1.40. The average molecular weight is 325 g/mol. The number of nitrogens with one attached hydrogen (secondary N) is 1. The van der Waals surface area contributed by atoms with Crippen molar-refractivity contribution in [3.05, 3.63) is 52.2 Å². The lowest BCUT2D eigenvalue weighted by molar-refractivity contribution is 0.0666. The standard InChI is InChI=1S/C15H19NO3S2/c1-3-12-6-8-13(9-7-12)21(18,19)16-11-15(2,17)14-5-4-10-20-14/h4-10,16-17H,3,11H2,1-2H3. The molecule has 6 heteroatoms. The van der Waals surface area contributed by atoms with Gasteiger partial charge in [0.05, 0.1) is 4.90 Å². The molecule has 0 spiro atoms. The summed E-state index contributed by atoms with van der Waals surface area (Å²) in [4.78, 5) is 0.938. The van der Waals surface area contributed by atoms with Crippen molar-refractivity contribution in [2.75, 3.05) is 6.54 Å². The van der Waals surface area contributed by atoms with Crippen LogP contribution in [0.4, 0.5) is 0 Å². The maximum absolute atomic E-state index is 12.2. The average Bonchev–Trinajstić information content (AvgIpc) is 3.01. The van der Waals surface area contributed by atoms with E-state index >= 15 is 0 Å². The minimum atomic E-state index is -3.61. The van der Waals surface area contributed by atoms with Crippen LogP contribution in [0.25, 0.3) is 0 Å². The number of hydrogen-bond acceptors (Lipinski definition) is 4. The molecule has 1 atom stereocenters. The van der Waals surface area contributed by atoms with Gasteiger partial charge in [0.15, 0.2) is 0 Å². The molecule has 2 N–H and O–H groups in total. The Morgan fingerprint density at radius 1 is 1.24 bits per heavy atom. The van der Waals surface area contributed by atoms with Crippen molar-refractivity contribution >= 4 is 21.4 Å². The van der Waals surface area contributed by atoms with Crippen LogP contribution in [-0.4, -0.2) is 20.1 Å². The summed E-state index contributed by atoms with van der Waals surface area (Å²) < 4.78 is 26.9. The number of benzene rings is 1. The van der Waals surface area contributed by atoms with Crippen LogP contribution in [-0.2, 0) is 22.0 Å². The van der Waals surface area contributed by atoms with Gasteiger partial charge in [-0.05, 0) is 42.5 Å². The van der Waals surface area contributed by atoms with Crippen LogP contribution in [0.3, 0.4) is 0 Å². The molecule has 21 heavy (non-hydrogen) atoms. The van der Waals surface area contributed by atoms with Gasteiger partial charge in [-0.2, -0.15) is 0 Å². The lowest BCUT2D eigenvalue weighted by atomic mass is 10.1. The highest BCUT2D eigenvalue weighted by Gasteiger charge is 2.27. The number of aliphatic hydroxyl groups is 1. The van der Waals surface area contributed by atoms with Gasteiger partial charge in [-0.25, -0.2) is 13.1 Å². The summed E-state index contributed by atoms with van der Waals surface area (Å²) in [5, 5.41) is 12.2. The normalized spacial score (nSPS) is 14.8. The van der Waals surface area contributed by atoms with E-state index in [1.807, 2.05) is 18.4 Å². The lowest BCUT2D eigenvalue weighted by Crippen LogP contribution is -2.38. The summed E-state index contributed by atoms with van der Waals surface area (Å²) in [6.07, 6.45) is 0.862. The number of aryl methyl sites for hydroxylation is 1. The zero-order valence-corrected chi connectivity index (χ0v) is 13.7. The molecule has 0 radical (unpaired) electrons. The Balaban J connectivity index is 2.10. The number of rotatable bonds is 6. The Labute approximate surface area is 129 Å². The van der Waals surface area contributed by atoms with Crippen LogP contribution in [0.15, 0.2) is 46.7 Å². The van der Waals surface area contributed by atoms with Gasteiger partial charge in [0.2, 0.25) is 10.0 Å². The first kappa shape index (κ1) is 16.2. The molecule has 1 heterocycles. The molecule has 0 aliphatic heterocycles. The number of hydrogen-bond donors (Lipinski definition) is 2. The van der Waals surface area contributed by atoms with Crippen LogP contribution < -0.4 is 4.72 Å². The molecule has 0 fully saturated rings. The Kier molecular flexibility index (Phi) is 4.83. The molecule has 0 saturated heterocycles. The van der Waals surface area contributed by atoms with E-state index in [1.54, 1.807) is 37.3 Å². The molecule has 1 aromatic carbocycles. The second-order valence-corrected chi connectivity index (χ2v) is 7.79. The SMILES string of the molecule is CCc1ccc(S(=O)(=O)NCC(C)(O)c2cccs2)cc1. The molecule has 1 unspecified atom stereocenters. The highest BCUT2D eigenvalue weighted by atomic mass is 32.2. The molecule has 1 aromatic heterocycles. The zero-order chi connectivity index (χ0) is 15.5. The maximum Gasteiger partial charge on any atom is 0.240 e. The minimum Gasteiger partial charge on any atom is -0.383 e. The second-order valence-electron chi connectivity index (χ2n) is 5.07. The largest absolute Gasteiger partial charge is 0.383 e. The second kappa shape index (κ2) is 6.27. The van der Waals surface area contributed by atoms with Crippen LogP contribution in [0.5, 0.6) is 0 Å². The minimum absolute atomic E-state index is 0.0641. The van der Waals surface area contributed by atoms with Gasteiger partial charge in [0.25, 0.3) is 0 Å². The van der Waals surface area contributed by atoms with E-state index in [-0.39, 0.29) is 11.4 Å². The number of sulfonamides is 1. The predicted molar refractivity (Wildman–Crippen MR) is 84.9 cm³/mol. The summed E-state index contributed by atoms with van der Waals surface area (Å²) in [7, 11) is -3.61. The van der Waals surface area contributed by atoms with Crippen molar-refractivity contribution in [1.29, 1.82) is 0 Å². The van der Waals surface area contributed by atoms with Crippen molar-refractivity contribution in [1.82, 2.24) is 4.72 Å².